The fourth-order valence-electron chi connectivity index (χ4n) is 2.82. The lowest BCUT2D eigenvalue weighted by atomic mass is 10.0. The first-order chi connectivity index (χ1) is 12.5. The molecule has 1 N–H and O–H groups in total. The summed E-state index contributed by atoms with van der Waals surface area (Å²) in [5, 5.41) is 19.4. The van der Waals surface area contributed by atoms with E-state index in [1.807, 2.05) is 18.2 Å². The molecule has 130 valence electrons. The number of nitrogens with one attached hydrogen (secondary N) is 1. The van der Waals surface area contributed by atoms with Gasteiger partial charge in [0.1, 0.15) is 17.4 Å². The number of benzene rings is 2. The number of nitro groups is 1. The van der Waals surface area contributed by atoms with Crippen molar-refractivity contribution in [1.82, 2.24) is 14.8 Å². The van der Waals surface area contributed by atoms with Gasteiger partial charge in [0.05, 0.1) is 4.92 Å². The van der Waals surface area contributed by atoms with Crippen molar-refractivity contribution in [2.24, 2.45) is 0 Å². The quantitative estimate of drug-likeness (QED) is 0.526. The van der Waals surface area contributed by atoms with Gasteiger partial charge in [0.25, 0.3) is 5.69 Å². The van der Waals surface area contributed by atoms with Crippen molar-refractivity contribution >= 4 is 40.5 Å². The summed E-state index contributed by atoms with van der Waals surface area (Å²) in [5.41, 5.74) is 2.26. The van der Waals surface area contributed by atoms with E-state index in [-0.39, 0.29) is 16.8 Å². The normalized spacial score (nSPS) is 15.8. The lowest BCUT2D eigenvalue weighted by molar-refractivity contribution is -0.384. The number of nitro benzene ring substituents is 1. The van der Waals surface area contributed by atoms with Crippen LogP contribution in [-0.4, -0.2) is 19.7 Å². The highest BCUT2D eigenvalue weighted by molar-refractivity contribution is 6.32. The second-order valence-electron chi connectivity index (χ2n) is 5.65. The van der Waals surface area contributed by atoms with Crippen LogP contribution in [-0.2, 0) is 0 Å². The summed E-state index contributed by atoms with van der Waals surface area (Å²) in [4.78, 5) is 14.9. The smallest absolute Gasteiger partial charge is 0.288 e. The Morgan fingerprint density at radius 1 is 1.15 bits per heavy atom. The zero-order chi connectivity index (χ0) is 18.3. The zero-order valence-corrected chi connectivity index (χ0v) is 14.6. The average molecular weight is 388 g/mol. The minimum Gasteiger partial charge on any atom is -0.324 e. The molecule has 0 fully saturated rings. The summed E-state index contributed by atoms with van der Waals surface area (Å²) in [7, 11) is 0. The van der Waals surface area contributed by atoms with Gasteiger partial charge in [0.2, 0.25) is 5.95 Å². The van der Waals surface area contributed by atoms with Gasteiger partial charge < -0.3 is 5.32 Å². The molecule has 1 aliphatic rings. The van der Waals surface area contributed by atoms with Crippen LogP contribution in [0.25, 0.3) is 5.70 Å². The van der Waals surface area contributed by atoms with E-state index in [9.17, 15) is 10.1 Å². The first-order valence-corrected chi connectivity index (χ1v) is 8.36. The molecule has 1 aliphatic heterocycles. The van der Waals surface area contributed by atoms with E-state index < -0.39 is 4.92 Å². The molecule has 0 aliphatic carbocycles. The van der Waals surface area contributed by atoms with Crippen LogP contribution in [0.1, 0.15) is 17.2 Å². The first kappa shape index (κ1) is 16.6. The van der Waals surface area contributed by atoms with Gasteiger partial charge >= 0.3 is 0 Å². The Balaban J connectivity index is 1.82. The predicted octanol–water partition coefficient (Wildman–Crippen LogP) is 4.55. The standard InChI is InChI=1S/C17H11Cl2N5O2/c18-12-4-1-10(2-5-12)14-8-15(23-17(22-14)20-9-21-23)11-3-6-13(19)16(7-11)24(25)26/h1-9,15H,(H,20,21,22). The monoisotopic (exact) mass is 387 g/mol. The molecule has 2 heterocycles. The van der Waals surface area contributed by atoms with Crippen LogP contribution >= 0.6 is 23.2 Å². The molecule has 0 radical (unpaired) electrons. The summed E-state index contributed by atoms with van der Waals surface area (Å²) in [6.45, 7) is 0. The van der Waals surface area contributed by atoms with E-state index >= 15 is 0 Å². The number of hydrogen-bond donors (Lipinski definition) is 1. The molecule has 0 amide bonds. The maximum absolute atomic E-state index is 11.2. The highest BCUT2D eigenvalue weighted by atomic mass is 35.5. The lowest BCUT2D eigenvalue weighted by Crippen LogP contribution is -2.20. The van der Waals surface area contributed by atoms with E-state index in [1.165, 1.54) is 18.5 Å². The van der Waals surface area contributed by atoms with Crippen molar-refractivity contribution in [2.75, 3.05) is 5.32 Å². The summed E-state index contributed by atoms with van der Waals surface area (Å²) >= 11 is 11.9. The summed E-state index contributed by atoms with van der Waals surface area (Å²) < 4.78 is 1.66. The van der Waals surface area contributed by atoms with E-state index in [0.717, 1.165) is 11.3 Å². The molecular formula is C17H11Cl2N5O2. The van der Waals surface area contributed by atoms with Crippen molar-refractivity contribution in [3.8, 4) is 0 Å². The zero-order valence-electron chi connectivity index (χ0n) is 13.1. The predicted molar refractivity (Wildman–Crippen MR) is 99.3 cm³/mol. The van der Waals surface area contributed by atoms with E-state index in [1.54, 1.807) is 22.9 Å². The highest BCUT2D eigenvalue weighted by Gasteiger charge is 2.25. The van der Waals surface area contributed by atoms with Crippen LogP contribution in [0.5, 0.6) is 0 Å². The van der Waals surface area contributed by atoms with Gasteiger partial charge in [-0.2, -0.15) is 10.1 Å². The molecule has 1 atom stereocenters. The summed E-state index contributed by atoms with van der Waals surface area (Å²) in [6, 6.07) is 11.7. The number of halogens is 2. The number of aromatic nitrogens is 3. The van der Waals surface area contributed by atoms with Gasteiger partial charge in [-0.3, -0.25) is 10.1 Å². The second-order valence-corrected chi connectivity index (χ2v) is 6.50. The molecule has 0 spiro atoms. The van der Waals surface area contributed by atoms with Crippen LogP contribution in [0.3, 0.4) is 0 Å². The molecule has 0 saturated heterocycles. The summed E-state index contributed by atoms with van der Waals surface area (Å²) in [5.74, 6) is 0.542. The van der Waals surface area contributed by atoms with Crippen molar-refractivity contribution in [2.45, 2.75) is 6.04 Å². The molecule has 3 aromatic rings. The van der Waals surface area contributed by atoms with Crippen molar-refractivity contribution in [1.29, 1.82) is 0 Å². The molecule has 1 aromatic heterocycles. The van der Waals surface area contributed by atoms with Gasteiger partial charge in [-0.1, -0.05) is 41.4 Å². The van der Waals surface area contributed by atoms with E-state index in [4.69, 9.17) is 23.2 Å². The summed E-state index contributed by atoms with van der Waals surface area (Å²) in [6.07, 6.45) is 3.36. The number of anilines is 1. The molecule has 7 nitrogen and oxygen atoms in total. The largest absolute Gasteiger partial charge is 0.324 e. The van der Waals surface area contributed by atoms with Gasteiger partial charge in [-0.05, 0) is 35.4 Å². The van der Waals surface area contributed by atoms with E-state index in [0.29, 0.717) is 16.5 Å². The van der Waals surface area contributed by atoms with Crippen molar-refractivity contribution in [3.63, 3.8) is 0 Å². The number of rotatable bonds is 3. The fraction of sp³-hybridized carbons (Fsp3) is 0.0588. The van der Waals surface area contributed by atoms with Crippen LogP contribution < -0.4 is 5.32 Å². The minimum absolute atomic E-state index is 0.0911. The van der Waals surface area contributed by atoms with E-state index in [2.05, 4.69) is 15.4 Å². The molecule has 26 heavy (non-hydrogen) atoms. The molecule has 1 unspecified atom stereocenters. The first-order valence-electron chi connectivity index (χ1n) is 7.61. The number of fused-ring (bicyclic) bond motifs is 1. The Hall–Kier alpha value is -2.90. The van der Waals surface area contributed by atoms with Crippen molar-refractivity contribution in [3.05, 3.63) is 86.2 Å². The Bertz CT molecular complexity index is 1030. The Kier molecular flexibility index (Phi) is 4.10. The van der Waals surface area contributed by atoms with Gasteiger partial charge in [0.15, 0.2) is 0 Å². The molecule has 0 bridgehead atoms. The van der Waals surface area contributed by atoms with Gasteiger partial charge in [-0.15, -0.1) is 0 Å². The number of nitrogens with zero attached hydrogens (tertiary/aromatic N) is 4. The molecule has 2 aromatic carbocycles. The van der Waals surface area contributed by atoms with Crippen LogP contribution in [0.4, 0.5) is 11.6 Å². The van der Waals surface area contributed by atoms with Crippen LogP contribution in [0.2, 0.25) is 10.0 Å². The maximum atomic E-state index is 11.2. The maximum Gasteiger partial charge on any atom is 0.288 e. The van der Waals surface area contributed by atoms with Crippen molar-refractivity contribution < 1.29 is 4.92 Å². The van der Waals surface area contributed by atoms with Crippen LogP contribution in [0.15, 0.2) is 54.9 Å². The molecule has 9 heteroatoms. The molecule has 4 rings (SSSR count). The number of allylic oxidation sites excluding steroid dienone is 1. The Morgan fingerprint density at radius 3 is 2.65 bits per heavy atom. The van der Waals surface area contributed by atoms with Gasteiger partial charge in [0, 0.05) is 16.8 Å². The lowest BCUT2D eigenvalue weighted by Gasteiger charge is -2.24. The van der Waals surface area contributed by atoms with Crippen LogP contribution in [0, 0.1) is 10.1 Å². The third-order valence-electron chi connectivity index (χ3n) is 4.07. The Morgan fingerprint density at radius 2 is 1.92 bits per heavy atom. The SMILES string of the molecule is O=[N+]([O-])c1cc(C2C=C(c3ccc(Cl)cc3)Nc3ncnn32)ccc1Cl. The Labute approximate surface area is 158 Å². The molecule has 0 saturated carbocycles. The third kappa shape index (κ3) is 2.91. The third-order valence-corrected chi connectivity index (χ3v) is 4.64. The minimum atomic E-state index is -0.501. The number of hydrogen-bond acceptors (Lipinski definition) is 5. The average Bonchev–Trinajstić information content (AvgIpc) is 3.10. The highest BCUT2D eigenvalue weighted by Crippen LogP contribution is 2.35. The fourth-order valence-corrected chi connectivity index (χ4v) is 3.14. The second kappa shape index (κ2) is 6.44. The topological polar surface area (TPSA) is 85.9 Å². The molecular weight excluding hydrogens is 377 g/mol. The van der Waals surface area contributed by atoms with Gasteiger partial charge in [-0.25, -0.2) is 4.68 Å².